The Balaban J connectivity index is 1.60. The number of amides is 2. The second-order valence-electron chi connectivity index (χ2n) is 7.28. The first-order valence-electron chi connectivity index (χ1n) is 8.41. The highest BCUT2D eigenvalue weighted by Gasteiger charge is 2.67. The number of nitro benzene ring substituents is 1. The van der Waals surface area contributed by atoms with Crippen molar-refractivity contribution < 1.29 is 19.2 Å². The molecule has 0 unspecified atom stereocenters. The van der Waals surface area contributed by atoms with Crippen molar-refractivity contribution in [2.75, 3.05) is 12.0 Å². The van der Waals surface area contributed by atoms with Crippen LogP contribution >= 0.6 is 0 Å². The van der Waals surface area contributed by atoms with Crippen LogP contribution in [0.4, 0.5) is 11.4 Å². The van der Waals surface area contributed by atoms with E-state index in [-0.39, 0.29) is 52.6 Å². The summed E-state index contributed by atoms with van der Waals surface area (Å²) in [7, 11) is 1.42. The van der Waals surface area contributed by atoms with Crippen LogP contribution in [0.5, 0.6) is 5.75 Å². The predicted octanol–water partition coefficient (Wildman–Crippen LogP) is 2.16. The van der Waals surface area contributed by atoms with E-state index in [1.807, 2.05) is 0 Å². The molecule has 1 aromatic carbocycles. The van der Waals surface area contributed by atoms with Gasteiger partial charge < -0.3 is 4.74 Å². The van der Waals surface area contributed by atoms with Gasteiger partial charge in [0.2, 0.25) is 11.8 Å². The minimum absolute atomic E-state index is 0.117. The summed E-state index contributed by atoms with van der Waals surface area (Å²) in [6, 6.07) is 3.99. The van der Waals surface area contributed by atoms with Crippen LogP contribution in [0.1, 0.15) is 6.42 Å². The second-order valence-corrected chi connectivity index (χ2v) is 7.28. The van der Waals surface area contributed by atoms with E-state index in [1.165, 1.54) is 25.3 Å². The third-order valence-corrected chi connectivity index (χ3v) is 6.28. The molecule has 6 atom stereocenters. The topological polar surface area (TPSA) is 89.8 Å². The van der Waals surface area contributed by atoms with E-state index in [2.05, 4.69) is 12.2 Å². The number of allylic oxidation sites excluding steroid dienone is 2. The Kier molecular flexibility index (Phi) is 2.74. The van der Waals surface area contributed by atoms with Crippen LogP contribution in [0.15, 0.2) is 30.4 Å². The zero-order chi connectivity index (χ0) is 17.5. The maximum Gasteiger partial charge on any atom is 0.271 e. The SMILES string of the molecule is COc1ccc([N+](=O)[O-])cc1N1C(=O)[C@@H]2[C@@H]3C=C[C@H]([C@@H]4C[C@H]34)[C@H]2C1=O. The molecule has 6 rings (SSSR count). The Hall–Kier alpha value is -2.70. The minimum Gasteiger partial charge on any atom is -0.495 e. The number of hydrogen-bond acceptors (Lipinski definition) is 5. The maximum absolute atomic E-state index is 13.1. The molecule has 128 valence electrons. The molecule has 2 bridgehead atoms. The maximum atomic E-state index is 13.1. The highest BCUT2D eigenvalue weighted by atomic mass is 16.6. The Morgan fingerprint density at radius 1 is 1.12 bits per heavy atom. The van der Waals surface area contributed by atoms with E-state index in [0.29, 0.717) is 11.8 Å². The van der Waals surface area contributed by atoms with E-state index in [4.69, 9.17) is 4.74 Å². The fourth-order valence-corrected chi connectivity index (χ4v) is 5.16. The molecular weight excluding hydrogens is 324 g/mol. The fraction of sp³-hybridized carbons (Fsp3) is 0.444. The smallest absolute Gasteiger partial charge is 0.271 e. The van der Waals surface area contributed by atoms with Crippen molar-refractivity contribution in [1.29, 1.82) is 0 Å². The van der Waals surface area contributed by atoms with Crippen LogP contribution in [0.2, 0.25) is 0 Å². The van der Waals surface area contributed by atoms with Crippen molar-refractivity contribution in [3.63, 3.8) is 0 Å². The van der Waals surface area contributed by atoms with Gasteiger partial charge >= 0.3 is 0 Å². The molecule has 0 spiro atoms. The number of rotatable bonds is 3. The normalized spacial score (nSPS) is 37.1. The van der Waals surface area contributed by atoms with E-state index in [9.17, 15) is 19.7 Å². The molecule has 2 saturated carbocycles. The Labute approximate surface area is 143 Å². The average Bonchev–Trinajstić information content (AvgIpc) is 3.39. The molecule has 1 aromatic rings. The third-order valence-electron chi connectivity index (χ3n) is 6.28. The van der Waals surface area contributed by atoms with Crippen LogP contribution < -0.4 is 9.64 Å². The number of anilines is 1. The fourth-order valence-electron chi connectivity index (χ4n) is 5.16. The number of benzene rings is 1. The van der Waals surface area contributed by atoms with Crippen LogP contribution in [0, 0.1) is 45.6 Å². The first-order chi connectivity index (χ1) is 12.0. The van der Waals surface area contributed by atoms with E-state index >= 15 is 0 Å². The Morgan fingerprint density at radius 2 is 1.72 bits per heavy atom. The second kappa shape index (κ2) is 4.68. The summed E-state index contributed by atoms with van der Waals surface area (Å²) in [5, 5.41) is 11.1. The Morgan fingerprint density at radius 3 is 2.24 bits per heavy atom. The van der Waals surface area contributed by atoms with Gasteiger partial charge in [-0.1, -0.05) is 12.2 Å². The van der Waals surface area contributed by atoms with Gasteiger partial charge in [-0.3, -0.25) is 19.7 Å². The first kappa shape index (κ1) is 14.6. The lowest BCUT2D eigenvalue weighted by Gasteiger charge is -2.37. The number of carbonyl (C=O) groups is 2. The molecule has 3 fully saturated rings. The van der Waals surface area contributed by atoms with Gasteiger partial charge in [-0.15, -0.1) is 0 Å². The molecule has 5 aliphatic rings. The van der Waals surface area contributed by atoms with Crippen LogP contribution in [-0.2, 0) is 9.59 Å². The highest BCUT2D eigenvalue weighted by molar-refractivity contribution is 6.23. The summed E-state index contributed by atoms with van der Waals surface area (Å²) in [6.07, 6.45) is 5.29. The van der Waals surface area contributed by atoms with Crippen LogP contribution in [0.25, 0.3) is 0 Å². The zero-order valence-electron chi connectivity index (χ0n) is 13.5. The van der Waals surface area contributed by atoms with Gasteiger partial charge in [0.15, 0.2) is 0 Å². The summed E-state index contributed by atoms with van der Waals surface area (Å²) in [5.41, 5.74) is 0.00406. The monoisotopic (exact) mass is 340 g/mol. The highest BCUT2D eigenvalue weighted by Crippen LogP contribution is 2.65. The van der Waals surface area contributed by atoms with E-state index in [0.717, 1.165) is 11.3 Å². The van der Waals surface area contributed by atoms with Gasteiger partial charge in [0, 0.05) is 12.1 Å². The lowest BCUT2D eigenvalue weighted by molar-refractivity contribution is -0.384. The zero-order valence-corrected chi connectivity index (χ0v) is 13.5. The third kappa shape index (κ3) is 1.75. The molecule has 0 N–H and O–H groups in total. The van der Waals surface area contributed by atoms with Crippen molar-refractivity contribution in [3.05, 3.63) is 40.5 Å². The number of non-ortho nitro benzene ring substituents is 1. The summed E-state index contributed by atoms with van der Waals surface area (Å²) in [4.78, 5) is 37.9. The van der Waals surface area contributed by atoms with E-state index in [1.54, 1.807) is 0 Å². The van der Waals surface area contributed by atoms with Crippen LogP contribution in [0.3, 0.4) is 0 Å². The van der Waals surface area contributed by atoms with Crippen molar-refractivity contribution in [3.8, 4) is 5.75 Å². The summed E-state index contributed by atoms with van der Waals surface area (Å²) in [6.45, 7) is 0. The van der Waals surface area contributed by atoms with Gasteiger partial charge in [0.25, 0.3) is 5.69 Å². The number of nitrogens with zero attached hydrogens (tertiary/aromatic N) is 2. The molecule has 7 heteroatoms. The molecule has 1 aliphatic heterocycles. The molecule has 0 aromatic heterocycles. The lowest BCUT2D eigenvalue weighted by atomic mass is 9.63. The summed E-state index contributed by atoms with van der Waals surface area (Å²) in [5.74, 6) is 0.371. The number of ether oxygens (including phenoxy) is 1. The number of nitro groups is 1. The summed E-state index contributed by atoms with van der Waals surface area (Å²) < 4.78 is 5.26. The molecule has 7 nitrogen and oxygen atoms in total. The number of methoxy groups -OCH3 is 1. The molecule has 25 heavy (non-hydrogen) atoms. The van der Waals surface area contributed by atoms with E-state index < -0.39 is 4.92 Å². The van der Waals surface area contributed by atoms with Gasteiger partial charge in [0.05, 0.1) is 23.9 Å². The molecule has 4 aliphatic carbocycles. The number of imide groups is 1. The molecule has 0 radical (unpaired) electrons. The predicted molar refractivity (Wildman–Crippen MR) is 86.8 cm³/mol. The first-order valence-corrected chi connectivity index (χ1v) is 8.41. The Bertz CT molecular complexity index is 827. The quantitative estimate of drug-likeness (QED) is 0.364. The van der Waals surface area contributed by atoms with Gasteiger partial charge in [-0.05, 0) is 36.2 Å². The van der Waals surface area contributed by atoms with Gasteiger partial charge in [-0.2, -0.15) is 0 Å². The minimum atomic E-state index is -0.540. The van der Waals surface area contributed by atoms with Crippen molar-refractivity contribution in [1.82, 2.24) is 0 Å². The largest absolute Gasteiger partial charge is 0.495 e. The lowest BCUT2D eigenvalue weighted by Crippen LogP contribution is -2.40. The molecule has 2 amide bonds. The average molecular weight is 340 g/mol. The van der Waals surface area contributed by atoms with Crippen molar-refractivity contribution in [2.24, 2.45) is 35.5 Å². The number of carbonyl (C=O) groups excluding carboxylic acids is 2. The van der Waals surface area contributed by atoms with Gasteiger partial charge in [-0.25, -0.2) is 4.90 Å². The van der Waals surface area contributed by atoms with Gasteiger partial charge in [0.1, 0.15) is 11.4 Å². The van der Waals surface area contributed by atoms with Crippen molar-refractivity contribution >= 4 is 23.2 Å². The van der Waals surface area contributed by atoms with Crippen LogP contribution in [-0.4, -0.2) is 23.8 Å². The standard InChI is InChI=1S/C18H16N2O5/c1-25-14-5-2-8(20(23)24)6-13(14)19-17(21)15-9-3-4-10(12-7-11(9)12)16(15)18(19)22/h2-6,9-12,15-16H,7H2,1H3/t9-,10-,11-,12+,15-,16-/m1/s1. The molecular formula is C18H16N2O5. The summed E-state index contributed by atoms with van der Waals surface area (Å²) >= 11 is 0. The number of hydrogen-bond donors (Lipinski definition) is 0. The molecule has 1 saturated heterocycles. The van der Waals surface area contributed by atoms with Crippen molar-refractivity contribution in [2.45, 2.75) is 6.42 Å². The molecule has 1 heterocycles.